The molecule has 3 heterocycles. The number of hydrogen-bond donors (Lipinski definition) is 1. The number of pyridine rings is 2. The van der Waals surface area contributed by atoms with Crippen LogP contribution in [0.2, 0.25) is 0 Å². The number of hydrogen-bond acceptors (Lipinski definition) is 4. The first kappa shape index (κ1) is 29.5. The number of rotatable bonds is 4. The summed E-state index contributed by atoms with van der Waals surface area (Å²) in [5, 5.41) is 12.8. The van der Waals surface area contributed by atoms with E-state index >= 15 is 0 Å². The topological polar surface area (TPSA) is 60.2 Å². The molecule has 0 unspecified atom stereocenters. The van der Waals surface area contributed by atoms with E-state index in [0.717, 1.165) is 33.2 Å². The van der Waals surface area contributed by atoms with Crippen molar-refractivity contribution >= 4 is 21.9 Å². The molecule has 0 bridgehead atoms. The molecule has 0 saturated carbocycles. The van der Waals surface area contributed by atoms with Gasteiger partial charge in [-0.25, -0.2) is 9.97 Å². The van der Waals surface area contributed by atoms with Crippen molar-refractivity contribution in [1.82, 2.24) is 14.5 Å². The predicted molar refractivity (Wildman–Crippen MR) is 166 cm³/mol. The normalized spacial score (nSPS) is 12.0. The zero-order valence-electron chi connectivity index (χ0n) is 24.7. The molecule has 6 aromatic rings. The van der Waals surface area contributed by atoms with Crippen molar-refractivity contribution in [3.8, 4) is 34.3 Å². The second-order valence-corrected chi connectivity index (χ2v) is 12.5. The Labute approximate surface area is 261 Å². The van der Waals surface area contributed by atoms with Gasteiger partial charge in [-0.2, -0.15) is 6.07 Å². The molecule has 3 aromatic heterocycles. The van der Waals surface area contributed by atoms with Crippen molar-refractivity contribution in [1.29, 1.82) is 0 Å². The van der Waals surface area contributed by atoms with Crippen molar-refractivity contribution in [3.63, 3.8) is 0 Å². The molecule has 6 heteroatoms. The minimum absolute atomic E-state index is 0. The van der Waals surface area contributed by atoms with Gasteiger partial charge in [-0.15, -0.1) is 18.2 Å². The zero-order chi connectivity index (χ0) is 28.9. The molecule has 6 rings (SSSR count). The molecule has 216 valence electrons. The van der Waals surface area contributed by atoms with Crippen molar-refractivity contribution in [2.24, 2.45) is 0 Å². The summed E-state index contributed by atoms with van der Waals surface area (Å²) in [6, 6.07) is 31.3. The van der Waals surface area contributed by atoms with E-state index in [1.807, 2.05) is 54.7 Å². The molecule has 0 spiro atoms. The van der Waals surface area contributed by atoms with Crippen LogP contribution in [0.4, 0.5) is 0 Å². The first-order valence-electron chi connectivity index (χ1n) is 13.9. The largest absolute Gasteiger partial charge is 0.507 e. The molecule has 0 atom stereocenters. The molecular formula is C36H34N3O2Pt-. The Bertz CT molecular complexity index is 1910. The number of benzene rings is 3. The summed E-state index contributed by atoms with van der Waals surface area (Å²) in [6.07, 6.45) is 1.82. The van der Waals surface area contributed by atoms with E-state index in [-0.39, 0.29) is 37.6 Å². The van der Waals surface area contributed by atoms with Gasteiger partial charge in [0.25, 0.3) is 0 Å². The number of phenolic OH excluding ortho intramolecular Hbond substituents is 1. The fourth-order valence-corrected chi connectivity index (χ4v) is 5.11. The summed E-state index contributed by atoms with van der Waals surface area (Å²) >= 11 is 0. The third kappa shape index (κ3) is 5.58. The van der Waals surface area contributed by atoms with Crippen LogP contribution in [-0.4, -0.2) is 19.6 Å². The maximum absolute atomic E-state index is 10.5. The van der Waals surface area contributed by atoms with Gasteiger partial charge in [0.2, 0.25) is 5.88 Å². The van der Waals surface area contributed by atoms with Gasteiger partial charge >= 0.3 is 0 Å². The first-order chi connectivity index (χ1) is 19.5. The van der Waals surface area contributed by atoms with Gasteiger partial charge in [0, 0.05) is 55.4 Å². The quantitative estimate of drug-likeness (QED) is 0.184. The number of fused-ring (bicyclic) bond motifs is 3. The van der Waals surface area contributed by atoms with Crippen molar-refractivity contribution < 1.29 is 30.9 Å². The fourth-order valence-electron chi connectivity index (χ4n) is 5.11. The Kier molecular flexibility index (Phi) is 7.76. The summed E-state index contributed by atoms with van der Waals surface area (Å²) < 4.78 is 8.50. The van der Waals surface area contributed by atoms with Gasteiger partial charge in [-0.3, -0.25) is 0 Å². The van der Waals surface area contributed by atoms with Gasteiger partial charge in [-0.1, -0.05) is 65.4 Å². The number of nitrogens with zero attached hydrogens (tertiary/aromatic N) is 3. The van der Waals surface area contributed by atoms with E-state index in [4.69, 9.17) is 14.7 Å². The van der Waals surface area contributed by atoms with E-state index in [1.54, 1.807) is 12.1 Å². The van der Waals surface area contributed by atoms with Gasteiger partial charge in [0.05, 0.1) is 11.2 Å². The molecule has 0 saturated heterocycles. The van der Waals surface area contributed by atoms with Crippen molar-refractivity contribution in [2.75, 3.05) is 0 Å². The molecule has 42 heavy (non-hydrogen) atoms. The monoisotopic (exact) mass is 735 g/mol. The number of para-hydroxylation sites is 1. The average molecular weight is 736 g/mol. The Morgan fingerprint density at radius 3 is 2.26 bits per heavy atom. The fraction of sp³-hybridized carbons (Fsp3) is 0.222. The first-order valence-corrected chi connectivity index (χ1v) is 13.9. The third-order valence-electron chi connectivity index (χ3n) is 7.45. The summed E-state index contributed by atoms with van der Waals surface area (Å²) in [6.45, 7) is 13.1. The van der Waals surface area contributed by atoms with E-state index in [2.05, 4.69) is 76.4 Å². The van der Waals surface area contributed by atoms with Crippen LogP contribution in [0.25, 0.3) is 38.9 Å². The van der Waals surface area contributed by atoms with Gasteiger partial charge in [0.15, 0.2) is 0 Å². The standard InChI is InChI=1S/C36H34N3O2.Pt/c1-35(2,3)23-16-17-31-29(19-23)27-14-10-18-37-34(27)39(31)25-11-9-12-26(22-25)41-33-21-24(36(4,5)6)20-30(38-33)28-13-7-8-15-32(28)40;/h7-21,40H,1-6H3;/q-1;. The van der Waals surface area contributed by atoms with Crippen LogP contribution in [0.3, 0.4) is 0 Å². The maximum Gasteiger partial charge on any atom is 0.217 e. The van der Waals surface area contributed by atoms with Crippen molar-refractivity contribution in [2.45, 2.75) is 52.4 Å². The Hall–Kier alpha value is -3.95. The minimum atomic E-state index is -0.147. The summed E-state index contributed by atoms with van der Waals surface area (Å²) in [5.74, 6) is 1.17. The number of aromatic nitrogens is 3. The van der Waals surface area contributed by atoms with Crippen LogP contribution in [-0.2, 0) is 31.9 Å². The number of ether oxygens (including phenoxy) is 1. The zero-order valence-corrected chi connectivity index (χ0v) is 26.9. The Morgan fingerprint density at radius 1 is 0.762 bits per heavy atom. The second kappa shape index (κ2) is 11.0. The number of aromatic hydroxyl groups is 1. The van der Waals surface area contributed by atoms with E-state index < -0.39 is 0 Å². The summed E-state index contributed by atoms with van der Waals surface area (Å²) in [4.78, 5) is 9.54. The van der Waals surface area contributed by atoms with Crippen LogP contribution in [0.1, 0.15) is 52.7 Å². The molecule has 3 aromatic carbocycles. The Balaban J connectivity index is 0.00000353. The van der Waals surface area contributed by atoms with Crippen LogP contribution in [0, 0.1) is 6.07 Å². The van der Waals surface area contributed by atoms with Crippen molar-refractivity contribution in [3.05, 3.63) is 108 Å². The van der Waals surface area contributed by atoms with Gasteiger partial charge in [0.1, 0.15) is 11.4 Å². The molecule has 0 aliphatic heterocycles. The van der Waals surface area contributed by atoms with Crippen LogP contribution >= 0.6 is 0 Å². The molecule has 0 radical (unpaired) electrons. The molecule has 1 N–H and O–H groups in total. The maximum atomic E-state index is 10.5. The molecule has 5 nitrogen and oxygen atoms in total. The summed E-state index contributed by atoms with van der Waals surface area (Å²) in [5.41, 5.74) is 6.30. The van der Waals surface area contributed by atoms with Crippen LogP contribution < -0.4 is 4.74 Å². The van der Waals surface area contributed by atoms with Gasteiger partial charge in [-0.05, 0) is 64.4 Å². The molecular weight excluding hydrogens is 701 g/mol. The summed E-state index contributed by atoms with van der Waals surface area (Å²) in [7, 11) is 0. The van der Waals surface area contributed by atoms with E-state index in [1.165, 1.54) is 5.56 Å². The predicted octanol–water partition coefficient (Wildman–Crippen LogP) is 9.13. The van der Waals surface area contributed by atoms with E-state index in [0.29, 0.717) is 22.9 Å². The SMILES string of the molecule is CC(C)(C)c1cc(Oc2[c-]c(-n3c4ccc(C(C)(C)C)cc4c4cccnc43)ccc2)nc(-c2ccccc2O)c1.[Pt]. The average Bonchev–Trinajstić information content (AvgIpc) is 3.26. The van der Waals surface area contributed by atoms with Crippen LogP contribution in [0.5, 0.6) is 17.4 Å². The van der Waals surface area contributed by atoms with Gasteiger partial charge < -0.3 is 14.4 Å². The molecule has 0 aliphatic rings. The Morgan fingerprint density at radius 2 is 1.52 bits per heavy atom. The minimum Gasteiger partial charge on any atom is -0.507 e. The molecule has 0 amide bonds. The number of phenols is 1. The van der Waals surface area contributed by atoms with Crippen LogP contribution in [0.15, 0.2) is 91.1 Å². The molecule has 0 aliphatic carbocycles. The smallest absolute Gasteiger partial charge is 0.217 e. The molecule has 0 fully saturated rings. The third-order valence-corrected chi connectivity index (χ3v) is 7.45. The van der Waals surface area contributed by atoms with E-state index in [9.17, 15) is 5.11 Å². The second-order valence-electron chi connectivity index (χ2n) is 12.5.